The van der Waals surface area contributed by atoms with E-state index in [1.165, 1.54) is 31.5 Å². The van der Waals surface area contributed by atoms with Gasteiger partial charge in [-0.1, -0.05) is 11.6 Å². The lowest BCUT2D eigenvalue weighted by Gasteiger charge is -2.28. The van der Waals surface area contributed by atoms with E-state index in [1.807, 2.05) is 6.20 Å². The molecule has 5 rings (SSSR count). The second-order valence-corrected chi connectivity index (χ2v) is 10.2. The average molecular weight is 603 g/mol. The third-order valence-corrected chi connectivity index (χ3v) is 7.06. The summed E-state index contributed by atoms with van der Waals surface area (Å²) in [6.07, 6.45) is -0.000736. The number of carbonyl (C=O) groups excluding carboxylic acids is 1. The Morgan fingerprint density at radius 3 is 2.81 bits per heavy atom. The summed E-state index contributed by atoms with van der Waals surface area (Å²) in [7, 11) is 3.19. The number of benzene rings is 2. The highest BCUT2D eigenvalue weighted by Crippen LogP contribution is 2.42. The number of hydrogen-bond donors (Lipinski definition) is 2. The largest absolute Gasteiger partial charge is 0.495 e. The second-order valence-electron chi connectivity index (χ2n) is 9.74. The molecule has 1 saturated heterocycles. The zero-order valence-electron chi connectivity index (χ0n) is 22.9. The van der Waals surface area contributed by atoms with Gasteiger partial charge in [0.2, 0.25) is 5.91 Å². The molecule has 2 aromatic heterocycles. The number of methoxy groups -OCH3 is 1. The van der Waals surface area contributed by atoms with Crippen LogP contribution in [0.4, 0.5) is 14.5 Å². The molecule has 222 valence electrons. The Labute approximate surface area is 244 Å². The van der Waals surface area contributed by atoms with Gasteiger partial charge in [-0.05, 0) is 42.8 Å². The molecule has 0 radical (unpaired) electrons. The Morgan fingerprint density at radius 1 is 1.24 bits per heavy atom. The van der Waals surface area contributed by atoms with Gasteiger partial charge < -0.3 is 29.2 Å². The number of aryl methyl sites for hydroxylation is 1. The summed E-state index contributed by atoms with van der Waals surface area (Å²) in [5.74, 6) is -1.35. The van der Waals surface area contributed by atoms with Gasteiger partial charge in [-0.2, -0.15) is 5.10 Å². The van der Waals surface area contributed by atoms with Crippen molar-refractivity contribution in [3.8, 4) is 22.6 Å². The van der Waals surface area contributed by atoms with Crippen molar-refractivity contribution < 1.29 is 32.5 Å². The lowest BCUT2D eigenvalue weighted by atomic mass is 9.86. The smallest absolute Gasteiger partial charge is 0.272 e. The number of ether oxygens (including phenoxy) is 4. The van der Waals surface area contributed by atoms with Crippen LogP contribution in [-0.2, 0) is 21.3 Å². The first-order valence-corrected chi connectivity index (χ1v) is 13.5. The molecule has 1 amide bonds. The topological polar surface area (TPSA) is 117 Å². The number of halogens is 3. The average Bonchev–Trinajstić information content (AvgIpc) is 3.35. The van der Waals surface area contributed by atoms with Crippen LogP contribution in [0.25, 0.3) is 22.0 Å². The Kier molecular flexibility index (Phi) is 9.05. The van der Waals surface area contributed by atoms with Crippen LogP contribution in [0.5, 0.6) is 11.5 Å². The van der Waals surface area contributed by atoms with E-state index in [1.54, 1.807) is 29.9 Å². The molecule has 2 aromatic carbocycles. The van der Waals surface area contributed by atoms with Gasteiger partial charge in [0.25, 0.3) is 12.0 Å². The fourth-order valence-corrected chi connectivity index (χ4v) is 5.19. The number of H-pyrrole nitrogens is 1. The number of hydrogen-bond acceptors (Lipinski definition) is 7. The Bertz CT molecular complexity index is 1640. The van der Waals surface area contributed by atoms with Crippen LogP contribution in [-0.4, -0.2) is 66.7 Å². The summed E-state index contributed by atoms with van der Waals surface area (Å²) in [6, 6.07) is 9.67. The van der Waals surface area contributed by atoms with E-state index < -0.39 is 36.5 Å². The Balaban J connectivity index is 1.63. The molecule has 2 unspecified atom stereocenters. The first kappa shape index (κ1) is 29.5. The Morgan fingerprint density at radius 2 is 2.07 bits per heavy atom. The molecule has 0 spiro atoms. The minimum atomic E-state index is -2.74. The van der Waals surface area contributed by atoms with Crippen LogP contribution in [0.3, 0.4) is 0 Å². The van der Waals surface area contributed by atoms with E-state index in [-0.39, 0.29) is 46.2 Å². The van der Waals surface area contributed by atoms with Crippen molar-refractivity contribution in [1.29, 1.82) is 0 Å². The first-order valence-electron chi connectivity index (χ1n) is 13.2. The minimum absolute atomic E-state index is 0.0349. The highest BCUT2D eigenvalue weighted by atomic mass is 35.5. The van der Waals surface area contributed by atoms with Gasteiger partial charge in [0, 0.05) is 52.2 Å². The monoisotopic (exact) mass is 602 g/mol. The van der Waals surface area contributed by atoms with E-state index >= 15 is 0 Å². The number of alkyl halides is 2. The zero-order valence-corrected chi connectivity index (χ0v) is 23.6. The zero-order chi connectivity index (χ0) is 29.8. The summed E-state index contributed by atoms with van der Waals surface area (Å²) in [6.45, 7) is 0.0841. The van der Waals surface area contributed by atoms with Crippen molar-refractivity contribution in [3.05, 3.63) is 69.7 Å². The predicted molar refractivity (Wildman–Crippen MR) is 153 cm³/mol. The van der Waals surface area contributed by atoms with Crippen molar-refractivity contribution in [1.82, 2.24) is 14.8 Å². The Hall–Kier alpha value is -4.00. The van der Waals surface area contributed by atoms with E-state index in [0.717, 1.165) is 10.9 Å². The van der Waals surface area contributed by atoms with Crippen LogP contribution < -0.4 is 20.3 Å². The van der Waals surface area contributed by atoms with E-state index in [0.29, 0.717) is 18.9 Å². The summed E-state index contributed by atoms with van der Waals surface area (Å²) >= 11 is 6.32. The highest BCUT2D eigenvalue weighted by Gasteiger charge is 2.34. The fourth-order valence-electron chi connectivity index (χ4n) is 5.02. The molecule has 0 saturated carbocycles. The third kappa shape index (κ3) is 6.56. The van der Waals surface area contributed by atoms with Crippen molar-refractivity contribution in [2.75, 3.05) is 38.9 Å². The standard InChI is InChI=1S/C29H29ClF2N4O6/c1-36-13-16-9-18(4-5-22(16)35-36)34-28(37)21(11-19-14-40-7-8-41-19)27-26(24(39-2)12-33-29(27)38)20-10-17(30)3-6-23(20)42-15-25(31)32/h3-6,9-10,12-13,19,21,25H,7-8,11,14-15H2,1-2H3,(H,33,38)(H,34,37). The van der Waals surface area contributed by atoms with Crippen LogP contribution in [0.1, 0.15) is 17.9 Å². The molecule has 4 aromatic rings. The lowest BCUT2D eigenvalue weighted by Crippen LogP contribution is -2.35. The van der Waals surface area contributed by atoms with E-state index in [9.17, 15) is 18.4 Å². The van der Waals surface area contributed by atoms with Crippen LogP contribution in [0.2, 0.25) is 5.02 Å². The number of aromatic amines is 1. The number of nitrogens with one attached hydrogen (secondary N) is 2. The molecule has 1 aliphatic rings. The molecule has 42 heavy (non-hydrogen) atoms. The number of fused-ring (bicyclic) bond motifs is 1. The molecular weight excluding hydrogens is 574 g/mol. The van der Waals surface area contributed by atoms with Crippen molar-refractivity contribution >= 4 is 34.1 Å². The van der Waals surface area contributed by atoms with Crippen molar-refractivity contribution in [3.63, 3.8) is 0 Å². The highest BCUT2D eigenvalue weighted by molar-refractivity contribution is 6.31. The molecule has 13 heteroatoms. The fraction of sp³-hybridized carbons (Fsp3) is 0.345. The number of nitrogens with zero attached hydrogens (tertiary/aromatic N) is 2. The quantitative estimate of drug-likeness (QED) is 0.269. The van der Waals surface area contributed by atoms with E-state index in [4.69, 9.17) is 30.5 Å². The van der Waals surface area contributed by atoms with Gasteiger partial charge in [0.15, 0.2) is 0 Å². The number of aromatic nitrogens is 3. The number of carbonyl (C=O) groups is 1. The molecule has 1 aliphatic heterocycles. The minimum Gasteiger partial charge on any atom is -0.495 e. The number of pyridine rings is 1. The summed E-state index contributed by atoms with van der Waals surface area (Å²) in [5.41, 5.74) is 1.11. The maximum Gasteiger partial charge on any atom is 0.272 e. The lowest BCUT2D eigenvalue weighted by molar-refractivity contribution is -0.121. The predicted octanol–water partition coefficient (Wildman–Crippen LogP) is 4.76. The maximum atomic E-state index is 14.1. The summed E-state index contributed by atoms with van der Waals surface area (Å²) < 4.78 is 50.3. The van der Waals surface area contributed by atoms with Gasteiger partial charge in [-0.25, -0.2) is 8.78 Å². The van der Waals surface area contributed by atoms with Gasteiger partial charge in [0.1, 0.15) is 18.1 Å². The van der Waals surface area contributed by atoms with E-state index in [2.05, 4.69) is 15.4 Å². The summed E-state index contributed by atoms with van der Waals surface area (Å²) in [5, 5.41) is 8.35. The SMILES string of the molecule is COc1c[nH]c(=O)c(C(CC2COCCO2)C(=O)Nc2ccc3nn(C)cc3c2)c1-c1cc(Cl)ccc1OCC(F)F. The second kappa shape index (κ2) is 12.9. The molecule has 3 heterocycles. The maximum absolute atomic E-state index is 14.1. The van der Waals surface area contributed by atoms with Gasteiger partial charge in [-0.15, -0.1) is 0 Å². The third-order valence-electron chi connectivity index (χ3n) is 6.83. The number of amides is 1. The van der Waals surface area contributed by atoms with Crippen LogP contribution >= 0.6 is 11.6 Å². The first-order chi connectivity index (χ1) is 20.2. The van der Waals surface area contributed by atoms with Crippen LogP contribution in [0.15, 0.2) is 53.6 Å². The molecule has 2 N–H and O–H groups in total. The molecule has 10 nitrogen and oxygen atoms in total. The molecule has 1 fully saturated rings. The molecule has 0 bridgehead atoms. The number of anilines is 1. The summed E-state index contributed by atoms with van der Waals surface area (Å²) in [4.78, 5) is 30.3. The number of rotatable bonds is 10. The van der Waals surface area contributed by atoms with Crippen LogP contribution in [0, 0.1) is 0 Å². The van der Waals surface area contributed by atoms with Gasteiger partial charge >= 0.3 is 0 Å². The molecule has 0 aliphatic carbocycles. The van der Waals surface area contributed by atoms with Crippen molar-refractivity contribution in [2.24, 2.45) is 7.05 Å². The van der Waals surface area contributed by atoms with Gasteiger partial charge in [0.05, 0.1) is 44.5 Å². The normalized spacial score (nSPS) is 16.0. The molecular formula is C29H29ClF2N4O6. The molecule has 2 atom stereocenters. The van der Waals surface area contributed by atoms with Crippen molar-refractivity contribution in [2.45, 2.75) is 24.9 Å². The van der Waals surface area contributed by atoms with Gasteiger partial charge in [-0.3, -0.25) is 14.3 Å².